The Bertz CT molecular complexity index is 767. The highest BCUT2D eigenvalue weighted by molar-refractivity contribution is 9.25. The Morgan fingerprint density at radius 3 is 2.65 bits per heavy atom. The average molecular weight is 440 g/mol. The molecule has 2 N–H and O–H groups in total. The summed E-state index contributed by atoms with van der Waals surface area (Å²) < 4.78 is -0.324. The van der Waals surface area contributed by atoms with Crippen LogP contribution in [0.15, 0.2) is 35.6 Å². The van der Waals surface area contributed by atoms with Gasteiger partial charge in [0.25, 0.3) is 0 Å². The van der Waals surface area contributed by atoms with Crippen LogP contribution in [0.5, 0.6) is 0 Å². The van der Waals surface area contributed by atoms with E-state index in [-0.39, 0.29) is 9.14 Å². The van der Waals surface area contributed by atoms with Gasteiger partial charge in [0.2, 0.25) is 5.91 Å². The lowest BCUT2D eigenvalue weighted by Gasteiger charge is -2.09. The van der Waals surface area contributed by atoms with Crippen molar-refractivity contribution in [3.8, 4) is 11.3 Å². The first-order valence-electron chi connectivity index (χ1n) is 7.15. The predicted molar refractivity (Wildman–Crippen MR) is 97.8 cm³/mol. The molecule has 7 heteroatoms. The number of aromatic amines is 1. The summed E-state index contributed by atoms with van der Waals surface area (Å²) in [6.07, 6.45) is 4.01. The van der Waals surface area contributed by atoms with Gasteiger partial charge >= 0.3 is 0 Å². The standard InChI is InChI=1S/C16H16Br2N4O/c1-10-3-5-11(6-4-10)13-12(7-19-21-13)8-20-22-14(23)15(2)9-16(15,17)18/h3-8H,9H2,1-2H3,(H,19,21)(H,22,23)/t15-/m0/s1. The molecule has 2 aromatic rings. The lowest BCUT2D eigenvalue weighted by Crippen LogP contribution is -2.29. The lowest BCUT2D eigenvalue weighted by atomic mass is 10.1. The summed E-state index contributed by atoms with van der Waals surface area (Å²) in [5.41, 5.74) is 6.02. The van der Waals surface area contributed by atoms with Crippen molar-refractivity contribution in [2.24, 2.45) is 10.5 Å². The number of amides is 1. The van der Waals surface area contributed by atoms with Gasteiger partial charge in [0.1, 0.15) is 0 Å². The maximum atomic E-state index is 12.2. The second kappa shape index (κ2) is 5.87. The Labute approximate surface area is 151 Å². The number of carbonyl (C=O) groups is 1. The minimum Gasteiger partial charge on any atom is -0.277 e. The van der Waals surface area contributed by atoms with Crippen molar-refractivity contribution in [3.05, 3.63) is 41.6 Å². The molecule has 3 rings (SSSR count). The molecule has 1 heterocycles. The number of hydrogen-bond acceptors (Lipinski definition) is 3. The summed E-state index contributed by atoms with van der Waals surface area (Å²) in [5.74, 6) is -0.122. The van der Waals surface area contributed by atoms with E-state index in [9.17, 15) is 4.79 Å². The Morgan fingerprint density at radius 1 is 1.39 bits per heavy atom. The molecule has 1 aromatic heterocycles. The molecule has 1 saturated carbocycles. The number of aryl methyl sites for hydroxylation is 1. The molecule has 0 unspecified atom stereocenters. The molecule has 0 aliphatic heterocycles. The van der Waals surface area contributed by atoms with E-state index in [1.54, 1.807) is 12.4 Å². The Kier molecular flexibility index (Phi) is 4.18. The van der Waals surface area contributed by atoms with E-state index in [2.05, 4.69) is 52.6 Å². The van der Waals surface area contributed by atoms with Crippen LogP contribution in [0.1, 0.15) is 24.5 Å². The fourth-order valence-corrected chi connectivity index (χ4v) is 3.76. The first kappa shape index (κ1) is 16.4. The maximum absolute atomic E-state index is 12.2. The molecule has 0 spiro atoms. The van der Waals surface area contributed by atoms with Crippen LogP contribution in [-0.4, -0.2) is 25.6 Å². The quantitative estimate of drug-likeness (QED) is 0.432. The molecule has 1 fully saturated rings. The summed E-state index contributed by atoms with van der Waals surface area (Å²) in [6.45, 7) is 3.93. The van der Waals surface area contributed by atoms with Crippen LogP contribution in [0, 0.1) is 12.3 Å². The molecule has 5 nitrogen and oxygen atoms in total. The van der Waals surface area contributed by atoms with Crippen LogP contribution in [0.2, 0.25) is 0 Å². The minimum absolute atomic E-state index is 0.122. The van der Waals surface area contributed by atoms with Gasteiger partial charge < -0.3 is 0 Å². The van der Waals surface area contributed by atoms with Crippen molar-refractivity contribution >= 4 is 44.0 Å². The zero-order valence-electron chi connectivity index (χ0n) is 12.7. The summed E-state index contributed by atoms with van der Waals surface area (Å²) >= 11 is 6.95. The number of carbonyl (C=O) groups excluding carboxylic acids is 1. The molecule has 1 amide bonds. The number of rotatable bonds is 4. The number of halogens is 2. The predicted octanol–water partition coefficient (Wildman–Crippen LogP) is 3.73. The fourth-order valence-electron chi connectivity index (χ4n) is 2.27. The Hall–Kier alpha value is -1.47. The van der Waals surface area contributed by atoms with Crippen LogP contribution in [0.25, 0.3) is 11.3 Å². The molecule has 1 aliphatic rings. The highest BCUT2D eigenvalue weighted by Gasteiger charge is 2.66. The molecule has 1 aromatic carbocycles. The molecular weight excluding hydrogens is 424 g/mol. The van der Waals surface area contributed by atoms with Crippen LogP contribution in [-0.2, 0) is 4.79 Å². The number of nitrogens with zero attached hydrogens (tertiary/aromatic N) is 2. The molecule has 1 atom stereocenters. The molecule has 120 valence electrons. The molecular formula is C16H16Br2N4O. The first-order valence-corrected chi connectivity index (χ1v) is 8.74. The van der Waals surface area contributed by atoms with Gasteiger partial charge in [-0.15, -0.1) is 0 Å². The number of nitrogens with one attached hydrogen (secondary N) is 2. The third kappa shape index (κ3) is 3.12. The third-order valence-electron chi connectivity index (χ3n) is 4.14. The van der Waals surface area contributed by atoms with Crippen molar-refractivity contribution in [1.82, 2.24) is 15.6 Å². The molecule has 23 heavy (non-hydrogen) atoms. The van der Waals surface area contributed by atoms with Gasteiger partial charge in [-0.25, -0.2) is 5.43 Å². The summed E-state index contributed by atoms with van der Waals surface area (Å²) in [5, 5.41) is 11.1. The van der Waals surface area contributed by atoms with Crippen LogP contribution < -0.4 is 5.43 Å². The zero-order chi connectivity index (χ0) is 16.7. The summed E-state index contributed by atoms with van der Waals surface area (Å²) in [6, 6.07) is 8.12. The van der Waals surface area contributed by atoms with E-state index in [0.29, 0.717) is 0 Å². The van der Waals surface area contributed by atoms with Gasteiger partial charge in [-0.1, -0.05) is 61.7 Å². The van der Waals surface area contributed by atoms with Gasteiger partial charge in [0, 0.05) is 11.1 Å². The number of aromatic nitrogens is 2. The number of alkyl halides is 2. The van der Waals surface area contributed by atoms with E-state index in [1.807, 2.05) is 38.1 Å². The van der Waals surface area contributed by atoms with Gasteiger partial charge in [0.05, 0.1) is 26.8 Å². The fraction of sp³-hybridized carbons (Fsp3) is 0.312. The maximum Gasteiger partial charge on any atom is 0.248 e. The third-order valence-corrected chi connectivity index (χ3v) is 6.45. The minimum atomic E-state index is -0.486. The average Bonchev–Trinajstić information content (AvgIpc) is 2.86. The Morgan fingerprint density at radius 2 is 2.04 bits per heavy atom. The summed E-state index contributed by atoms with van der Waals surface area (Å²) in [7, 11) is 0. The second-order valence-electron chi connectivity index (χ2n) is 5.98. The van der Waals surface area contributed by atoms with E-state index in [0.717, 1.165) is 23.2 Å². The van der Waals surface area contributed by atoms with Crippen LogP contribution in [0.4, 0.5) is 0 Å². The topological polar surface area (TPSA) is 70.1 Å². The van der Waals surface area contributed by atoms with Crippen molar-refractivity contribution < 1.29 is 4.79 Å². The van der Waals surface area contributed by atoms with Crippen molar-refractivity contribution in [2.75, 3.05) is 0 Å². The van der Waals surface area contributed by atoms with Crippen LogP contribution >= 0.6 is 31.9 Å². The van der Waals surface area contributed by atoms with Crippen molar-refractivity contribution in [1.29, 1.82) is 0 Å². The number of hydrazone groups is 1. The largest absolute Gasteiger partial charge is 0.277 e. The zero-order valence-corrected chi connectivity index (χ0v) is 15.9. The van der Waals surface area contributed by atoms with Crippen molar-refractivity contribution in [2.45, 2.75) is 23.5 Å². The SMILES string of the molecule is Cc1ccc(-c2[nH]ncc2C=NNC(=O)[C@]2(C)CC2(Br)Br)cc1. The van der Waals surface area contributed by atoms with Gasteiger partial charge in [-0.2, -0.15) is 10.2 Å². The first-order chi connectivity index (χ1) is 10.8. The Balaban J connectivity index is 1.71. The molecule has 0 bridgehead atoms. The molecule has 0 saturated heterocycles. The van der Waals surface area contributed by atoms with E-state index < -0.39 is 5.41 Å². The van der Waals surface area contributed by atoms with Crippen molar-refractivity contribution in [3.63, 3.8) is 0 Å². The van der Waals surface area contributed by atoms with E-state index >= 15 is 0 Å². The van der Waals surface area contributed by atoms with Gasteiger partial charge in [0.15, 0.2) is 0 Å². The van der Waals surface area contributed by atoms with Gasteiger partial charge in [-0.05, 0) is 20.3 Å². The second-order valence-corrected chi connectivity index (χ2v) is 9.75. The summed E-state index contributed by atoms with van der Waals surface area (Å²) in [4.78, 5) is 12.2. The number of H-pyrrole nitrogens is 1. The highest BCUT2D eigenvalue weighted by Crippen LogP contribution is 2.66. The normalized spacial score (nSPS) is 22.3. The number of benzene rings is 1. The lowest BCUT2D eigenvalue weighted by molar-refractivity contribution is -0.125. The molecule has 0 radical (unpaired) electrons. The monoisotopic (exact) mass is 438 g/mol. The smallest absolute Gasteiger partial charge is 0.248 e. The van der Waals surface area contributed by atoms with Crippen LogP contribution in [0.3, 0.4) is 0 Å². The van der Waals surface area contributed by atoms with E-state index in [4.69, 9.17) is 0 Å². The number of hydrogen-bond donors (Lipinski definition) is 2. The highest BCUT2D eigenvalue weighted by atomic mass is 79.9. The van der Waals surface area contributed by atoms with Gasteiger partial charge in [-0.3, -0.25) is 9.89 Å². The molecule has 1 aliphatic carbocycles. The van der Waals surface area contributed by atoms with E-state index in [1.165, 1.54) is 5.56 Å².